The van der Waals surface area contributed by atoms with Crippen molar-refractivity contribution >= 4 is 27.6 Å². The van der Waals surface area contributed by atoms with Crippen molar-refractivity contribution in [3.05, 3.63) is 148 Å². The fourth-order valence-corrected chi connectivity index (χ4v) is 7.70. The van der Waals surface area contributed by atoms with Crippen molar-refractivity contribution in [3.8, 4) is 22.3 Å². The largest absolute Gasteiger partial charge is 0.0759 e. The Balaban J connectivity index is 1.54. The van der Waals surface area contributed by atoms with Crippen LogP contribution >= 0.6 is 0 Å². The van der Waals surface area contributed by atoms with E-state index in [1.165, 1.54) is 82.8 Å². The van der Waals surface area contributed by atoms with E-state index in [1.54, 1.807) is 0 Å². The molecule has 5 aromatic carbocycles. The van der Waals surface area contributed by atoms with Gasteiger partial charge in [-0.2, -0.15) is 0 Å². The lowest BCUT2D eigenvalue weighted by Crippen LogP contribution is -2.18. The van der Waals surface area contributed by atoms with Crippen molar-refractivity contribution in [2.75, 3.05) is 0 Å². The summed E-state index contributed by atoms with van der Waals surface area (Å²) in [6.07, 6.45) is 15.0. The Morgan fingerprint density at radius 1 is 0.591 bits per heavy atom. The monoisotopic (exact) mass is 568 g/mol. The summed E-state index contributed by atoms with van der Waals surface area (Å²) >= 11 is 0. The summed E-state index contributed by atoms with van der Waals surface area (Å²) in [6.45, 7) is 13.9. The normalized spacial score (nSPS) is 17.1. The zero-order chi connectivity index (χ0) is 30.4. The lowest BCUT2D eigenvalue weighted by molar-refractivity contribution is 0.590. The average molecular weight is 569 g/mol. The van der Waals surface area contributed by atoms with Gasteiger partial charge in [-0.25, -0.2) is 0 Å². The number of rotatable bonds is 2. The molecule has 5 aromatic rings. The average Bonchev–Trinajstić information content (AvgIpc) is 3.01. The van der Waals surface area contributed by atoms with Gasteiger partial charge in [0.25, 0.3) is 0 Å². The van der Waals surface area contributed by atoms with Crippen LogP contribution < -0.4 is 0 Å². The molecular formula is C44H40. The van der Waals surface area contributed by atoms with E-state index in [0.717, 1.165) is 6.42 Å². The number of benzene rings is 5. The summed E-state index contributed by atoms with van der Waals surface area (Å²) in [6, 6.07) is 30.4. The number of allylic oxidation sites excluding steroid dienone is 7. The number of hydrogen-bond donors (Lipinski definition) is 0. The van der Waals surface area contributed by atoms with Crippen LogP contribution in [0, 0.1) is 0 Å². The number of fused-ring (bicyclic) bond motifs is 2. The van der Waals surface area contributed by atoms with Crippen molar-refractivity contribution in [1.29, 1.82) is 0 Å². The summed E-state index contributed by atoms with van der Waals surface area (Å²) < 4.78 is 0. The maximum atomic E-state index is 2.49. The van der Waals surface area contributed by atoms with Gasteiger partial charge in [-0.3, -0.25) is 0 Å². The van der Waals surface area contributed by atoms with E-state index in [2.05, 4.69) is 157 Å². The molecule has 0 aliphatic heterocycles. The smallest absolute Gasteiger partial charge is 0.0345 e. The third-order valence-electron chi connectivity index (χ3n) is 10.1. The predicted octanol–water partition coefficient (Wildman–Crippen LogP) is 12.0. The molecule has 0 fully saturated rings. The zero-order valence-electron chi connectivity index (χ0n) is 26.8. The molecule has 3 aliphatic rings. The minimum absolute atomic E-state index is 0.0429. The standard InChI is InChI=1S/C44H40/c1-43(2,3)31-20-24-36-37(25-31)40(27-11-8-7-9-12-27)35-23-19-32(44(4,5)6)26-38(35)42(36)34-22-18-30-16-15-28-13-10-14-29-17-21-33(34)41(30)39(28)29/h7-15,17-26,39H,16H2,1-6H3. The van der Waals surface area contributed by atoms with Crippen molar-refractivity contribution in [3.63, 3.8) is 0 Å². The van der Waals surface area contributed by atoms with E-state index in [4.69, 9.17) is 0 Å². The second kappa shape index (κ2) is 9.54. The fraction of sp³-hybridized carbons (Fsp3) is 0.227. The summed E-state index contributed by atoms with van der Waals surface area (Å²) in [5, 5.41) is 5.33. The SMILES string of the molecule is CC(C)(C)c1ccc2c(-c3ccc4c5c3C=CC3=CC=CC(=CC4)C35)c3cc(C(C)(C)C)ccc3c(-c3ccccc3)c2c1. The van der Waals surface area contributed by atoms with Gasteiger partial charge in [0.05, 0.1) is 0 Å². The molecule has 0 amide bonds. The lowest BCUT2D eigenvalue weighted by Gasteiger charge is -2.34. The molecule has 0 bridgehead atoms. The molecule has 0 aromatic heterocycles. The van der Waals surface area contributed by atoms with Crippen molar-refractivity contribution < 1.29 is 0 Å². The van der Waals surface area contributed by atoms with E-state index in [1.807, 2.05) is 0 Å². The van der Waals surface area contributed by atoms with Crippen LogP contribution in [0.1, 0.15) is 75.3 Å². The molecule has 0 nitrogen and oxygen atoms in total. The van der Waals surface area contributed by atoms with Crippen molar-refractivity contribution in [2.45, 2.75) is 64.7 Å². The highest BCUT2D eigenvalue weighted by molar-refractivity contribution is 6.22. The van der Waals surface area contributed by atoms with E-state index in [9.17, 15) is 0 Å². The Morgan fingerprint density at radius 2 is 1.25 bits per heavy atom. The zero-order valence-corrected chi connectivity index (χ0v) is 26.8. The Hall–Kier alpha value is -4.42. The lowest BCUT2D eigenvalue weighted by atomic mass is 9.69. The first kappa shape index (κ1) is 27.2. The van der Waals surface area contributed by atoms with Crippen molar-refractivity contribution in [1.82, 2.24) is 0 Å². The summed E-state index contributed by atoms with van der Waals surface area (Å²) in [7, 11) is 0. The molecule has 3 aliphatic carbocycles. The first-order valence-electron chi connectivity index (χ1n) is 16.1. The molecule has 44 heavy (non-hydrogen) atoms. The quantitative estimate of drug-likeness (QED) is 0.186. The van der Waals surface area contributed by atoms with Crippen LogP contribution in [0.5, 0.6) is 0 Å². The second-order valence-corrected chi connectivity index (χ2v) is 14.9. The molecule has 0 saturated heterocycles. The van der Waals surface area contributed by atoms with Gasteiger partial charge in [-0.1, -0.05) is 145 Å². The second-order valence-electron chi connectivity index (χ2n) is 14.9. The van der Waals surface area contributed by atoms with Crippen LogP contribution in [-0.2, 0) is 17.3 Å². The molecule has 0 radical (unpaired) electrons. The molecule has 1 unspecified atom stereocenters. The summed E-state index contributed by atoms with van der Waals surface area (Å²) in [4.78, 5) is 0. The van der Waals surface area contributed by atoms with Gasteiger partial charge in [-0.05, 0) is 112 Å². The minimum Gasteiger partial charge on any atom is -0.0759 e. The van der Waals surface area contributed by atoms with Crippen LogP contribution in [0.3, 0.4) is 0 Å². The molecule has 0 heteroatoms. The molecule has 8 rings (SSSR count). The highest BCUT2D eigenvalue weighted by Crippen LogP contribution is 2.52. The number of hydrogen-bond acceptors (Lipinski definition) is 0. The molecular weight excluding hydrogens is 528 g/mol. The Labute approximate surface area is 262 Å². The Kier molecular flexibility index (Phi) is 5.89. The summed E-state index contributed by atoms with van der Waals surface area (Å²) in [5.74, 6) is 0.336. The highest BCUT2D eigenvalue weighted by atomic mass is 14.4. The topological polar surface area (TPSA) is 0 Å². The maximum absolute atomic E-state index is 2.49. The van der Waals surface area contributed by atoms with Crippen LogP contribution in [0.2, 0.25) is 0 Å². The van der Waals surface area contributed by atoms with Crippen LogP contribution in [0.4, 0.5) is 0 Å². The third kappa shape index (κ3) is 4.11. The first-order chi connectivity index (χ1) is 21.1. The van der Waals surface area contributed by atoms with Gasteiger partial charge < -0.3 is 0 Å². The Bertz CT molecular complexity index is 2130. The van der Waals surface area contributed by atoms with Gasteiger partial charge in [0, 0.05) is 5.92 Å². The van der Waals surface area contributed by atoms with Gasteiger partial charge in [0.1, 0.15) is 0 Å². The molecule has 1 atom stereocenters. The molecule has 216 valence electrons. The van der Waals surface area contributed by atoms with Crippen LogP contribution in [0.25, 0.3) is 49.9 Å². The van der Waals surface area contributed by atoms with Gasteiger partial charge in [-0.15, -0.1) is 0 Å². The molecule has 0 spiro atoms. The van der Waals surface area contributed by atoms with Gasteiger partial charge in [0.2, 0.25) is 0 Å². The van der Waals surface area contributed by atoms with E-state index < -0.39 is 0 Å². The van der Waals surface area contributed by atoms with E-state index in [-0.39, 0.29) is 10.8 Å². The van der Waals surface area contributed by atoms with Gasteiger partial charge in [0.15, 0.2) is 0 Å². The maximum Gasteiger partial charge on any atom is 0.0345 e. The predicted molar refractivity (Wildman–Crippen MR) is 191 cm³/mol. The molecule has 0 saturated carbocycles. The van der Waals surface area contributed by atoms with Crippen LogP contribution in [0.15, 0.2) is 120 Å². The summed E-state index contributed by atoms with van der Waals surface area (Å²) in [5.41, 5.74) is 15.3. The van der Waals surface area contributed by atoms with Crippen molar-refractivity contribution in [2.24, 2.45) is 0 Å². The van der Waals surface area contributed by atoms with Gasteiger partial charge >= 0.3 is 0 Å². The Morgan fingerprint density at radius 3 is 1.93 bits per heavy atom. The van der Waals surface area contributed by atoms with E-state index >= 15 is 0 Å². The molecule has 0 heterocycles. The first-order valence-corrected chi connectivity index (χ1v) is 16.1. The third-order valence-corrected chi connectivity index (χ3v) is 10.1. The van der Waals surface area contributed by atoms with E-state index in [0.29, 0.717) is 5.92 Å². The van der Waals surface area contributed by atoms with Crippen LogP contribution in [-0.4, -0.2) is 0 Å². The minimum atomic E-state index is 0.0429. The fourth-order valence-electron chi connectivity index (χ4n) is 7.70. The highest BCUT2D eigenvalue weighted by Gasteiger charge is 2.32. The molecule has 0 N–H and O–H groups in total.